The number of ether oxygens (including phenoxy) is 1. The van der Waals surface area contributed by atoms with Crippen LogP contribution in [0.25, 0.3) is 0 Å². The maximum absolute atomic E-state index is 12.3. The van der Waals surface area contributed by atoms with Crippen molar-refractivity contribution in [3.63, 3.8) is 0 Å². The van der Waals surface area contributed by atoms with Crippen molar-refractivity contribution in [2.24, 2.45) is 0 Å². The molecular formula is C20H21NO4S. The van der Waals surface area contributed by atoms with Crippen molar-refractivity contribution in [1.82, 2.24) is 4.90 Å². The van der Waals surface area contributed by atoms with E-state index in [1.807, 2.05) is 59.5 Å². The summed E-state index contributed by atoms with van der Waals surface area (Å²) in [5, 5.41) is 8.63. The quantitative estimate of drug-likeness (QED) is 0.717. The van der Waals surface area contributed by atoms with Crippen molar-refractivity contribution in [3.05, 3.63) is 65.7 Å². The first-order chi connectivity index (χ1) is 12.6. The van der Waals surface area contributed by atoms with Crippen molar-refractivity contribution in [2.75, 3.05) is 12.4 Å². The minimum absolute atomic E-state index is 0.00349. The molecule has 0 aliphatic carbocycles. The van der Waals surface area contributed by atoms with Crippen LogP contribution in [0.2, 0.25) is 0 Å². The van der Waals surface area contributed by atoms with E-state index in [-0.39, 0.29) is 17.7 Å². The number of rotatable bonds is 8. The highest BCUT2D eigenvalue weighted by atomic mass is 32.2. The van der Waals surface area contributed by atoms with Crippen LogP contribution in [-0.2, 0) is 16.1 Å². The van der Waals surface area contributed by atoms with E-state index in [2.05, 4.69) is 0 Å². The summed E-state index contributed by atoms with van der Waals surface area (Å²) in [6.45, 7) is 0.979. The standard InChI is InChI=1S/C20H21NO4S/c22-18-14-26-20(21(18)13-15-5-2-1-3-6-15)16-8-10-17(11-9-16)25-12-4-7-19(23)24/h1-3,5-6,8-11,20H,4,7,12-14H2,(H,23,24). The molecule has 1 N–H and O–H groups in total. The maximum atomic E-state index is 12.3. The van der Waals surface area contributed by atoms with Gasteiger partial charge in [-0.1, -0.05) is 42.5 Å². The normalized spacial score (nSPS) is 16.7. The van der Waals surface area contributed by atoms with E-state index in [1.54, 1.807) is 11.8 Å². The zero-order valence-corrected chi connectivity index (χ0v) is 15.2. The zero-order valence-electron chi connectivity index (χ0n) is 14.3. The molecule has 1 fully saturated rings. The first-order valence-electron chi connectivity index (χ1n) is 8.53. The van der Waals surface area contributed by atoms with Crippen LogP contribution in [0.5, 0.6) is 5.75 Å². The SMILES string of the molecule is O=C(O)CCCOc1ccc(C2SCC(=O)N2Cc2ccccc2)cc1. The van der Waals surface area contributed by atoms with Crippen LogP contribution in [0.15, 0.2) is 54.6 Å². The molecule has 6 heteroatoms. The summed E-state index contributed by atoms with van der Waals surface area (Å²) in [4.78, 5) is 24.7. The molecule has 1 amide bonds. The maximum Gasteiger partial charge on any atom is 0.303 e. The summed E-state index contributed by atoms with van der Waals surface area (Å²) in [6.07, 6.45) is 0.586. The molecule has 1 heterocycles. The lowest BCUT2D eigenvalue weighted by molar-refractivity contribution is -0.137. The van der Waals surface area contributed by atoms with Gasteiger partial charge in [0, 0.05) is 13.0 Å². The average Bonchev–Trinajstić information content (AvgIpc) is 3.01. The molecule has 5 nitrogen and oxygen atoms in total. The molecule has 0 radical (unpaired) electrons. The largest absolute Gasteiger partial charge is 0.494 e. The molecule has 0 spiro atoms. The molecule has 26 heavy (non-hydrogen) atoms. The minimum Gasteiger partial charge on any atom is -0.494 e. The van der Waals surface area contributed by atoms with Crippen molar-refractivity contribution in [3.8, 4) is 5.75 Å². The summed E-state index contributed by atoms with van der Waals surface area (Å²) in [6, 6.07) is 17.7. The number of hydrogen-bond acceptors (Lipinski definition) is 4. The Bertz CT molecular complexity index is 748. The molecule has 3 rings (SSSR count). The molecule has 0 aromatic heterocycles. The highest BCUT2D eigenvalue weighted by molar-refractivity contribution is 8.00. The number of aliphatic carboxylic acids is 1. The van der Waals surface area contributed by atoms with Gasteiger partial charge < -0.3 is 14.7 Å². The predicted octanol–water partition coefficient (Wildman–Crippen LogP) is 3.70. The molecule has 0 bridgehead atoms. The lowest BCUT2D eigenvalue weighted by Crippen LogP contribution is -2.27. The minimum atomic E-state index is -0.814. The number of carboxylic acid groups (broad SMARTS) is 1. The van der Waals surface area contributed by atoms with Crippen molar-refractivity contribution < 1.29 is 19.4 Å². The molecule has 0 saturated carbocycles. The number of nitrogens with zero attached hydrogens (tertiary/aromatic N) is 1. The van der Waals surface area contributed by atoms with E-state index >= 15 is 0 Å². The van der Waals surface area contributed by atoms with Crippen LogP contribution in [0.4, 0.5) is 0 Å². The van der Waals surface area contributed by atoms with Crippen LogP contribution >= 0.6 is 11.8 Å². The Kier molecular flexibility index (Phi) is 6.17. The van der Waals surface area contributed by atoms with Gasteiger partial charge in [0.15, 0.2) is 0 Å². The van der Waals surface area contributed by atoms with Gasteiger partial charge in [0.1, 0.15) is 11.1 Å². The van der Waals surface area contributed by atoms with Gasteiger partial charge >= 0.3 is 5.97 Å². The van der Waals surface area contributed by atoms with E-state index in [1.165, 1.54) is 0 Å². The fourth-order valence-corrected chi connectivity index (χ4v) is 4.01. The number of benzene rings is 2. The van der Waals surface area contributed by atoms with Crippen LogP contribution in [0.3, 0.4) is 0 Å². The summed E-state index contributed by atoms with van der Waals surface area (Å²) in [7, 11) is 0. The third-order valence-electron chi connectivity index (χ3n) is 4.13. The molecule has 2 aromatic rings. The van der Waals surface area contributed by atoms with Gasteiger partial charge in [0.05, 0.1) is 12.4 Å². The Morgan fingerprint density at radius 1 is 1.15 bits per heavy atom. The Labute approximate surface area is 157 Å². The number of amides is 1. The lowest BCUT2D eigenvalue weighted by Gasteiger charge is -2.24. The molecule has 136 valence electrons. The van der Waals surface area contributed by atoms with E-state index in [9.17, 15) is 9.59 Å². The third-order valence-corrected chi connectivity index (χ3v) is 5.39. The monoisotopic (exact) mass is 371 g/mol. The number of carbonyl (C=O) groups is 2. The highest BCUT2D eigenvalue weighted by Gasteiger charge is 2.32. The van der Waals surface area contributed by atoms with E-state index < -0.39 is 5.97 Å². The Balaban J connectivity index is 1.62. The van der Waals surface area contributed by atoms with E-state index in [0.717, 1.165) is 11.1 Å². The van der Waals surface area contributed by atoms with Gasteiger partial charge in [0.2, 0.25) is 5.91 Å². The molecule has 2 aromatic carbocycles. The molecule has 1 aliphatic heterocycles. The Hall–Kier alpha value is -2.47. The number of thioether (sulfide) groups is 1. The molecular weight excluding hydrogens is 350 g/mol. The Morgan fingerprint density at radius 3 is 2.58 bits per heavy atom. The first kappa shape index (κ1) is 18.3. The van der Waals surface area contributed by atoms with Crippen LogP contribution in [-0.4, -0.2) is 34.2 Å². The molecule has 1 unspecified atom stereocenters. The average molecular weight is 371 g/mol. The second-order valence-corrected chi connectivity index (χ2v) is 7.15. The zero-order chi connectivity index (χ0) is 18.4. The topological polar surface area (TPSA) is 66.8 Å². The van der Waals surface area contributed by atoms with Crippen LogP contribution in [0, 0.1) is 0 Å². The third kappa shape index (κ3) is 4.79. The summed E-state index contributed by atoms with van der Waals surface area (Å²) >= 11 is 1.63. The van der Waals surface area contributed by atoms with Crippen molar-refractivity contribution in [1.29, 1.82) is 0 Å². The lowest BCUT2D eigenvalue weighted by atomic mass is 10.1. The number of carboxylic acids is 1. The summed E-state index contributed by atoms with van der Waals surface area (Å²) < 4.78 is 5.57. The second-order valence-electron chi connectivity index (χ2n) is 6.09. The van der Waals surface area contributed by atoms with Crippen molar-refractivity contribution in [2.45, 2.75) is 24.8 Å². The van der Waals surface area contributed by atoms with Crippen LogP contribution in [0.1, 0.15) is 29.3 Å². The first-order valence-corrected chi connectivity index (χ1v) is 9.58. The van der Waals surface area contributed by atoms with Gasteiger partial charge in [0.25, 0.3) is 0 Å². The number of hydrogen-bond donors (Lipinski definition) is 1. The highest BCUT2D eigenvalue weighted by Crippen LogP contribution is 2.39. The summed E-state index contributed by atoms with van der Waals surface area (Å²) in [5.41, 5.74) is 2.18. The van der Waals surface area contributed by atoms with Gasteiger partial charge in [-0.25, -0.2) is 0 Å². The molecule has 1 aliphatic rings. The Morgan fingerprint density at radius 2 is 1.88 bits per heavy atom. The predicted molar refractivity (Wildman–Crippen MR) is 101 cm³/mol. The van der Waals surface area contributed by atoms with Gasteiger partial charge in [-0.05, 0) is 29.7 Å². The smallest absolute Gasteiger partial charge is 0.303 e. The summed E-state index contributed by atoms with van der Waals surface area (Å²) in [5.74, 6) is 0.539. The van der Waals surface area contributed by atoms with Crippen LogP contribution < -0.4 is 4.74 Å². The van der Waals surface area contributed by atoms with Gasteiger partial charge in [-0.3, -0.25) is 9.59 Å². The fraction of sp³-hybridized carbons (Fsp3) is 0.300. The van der Waals surface area contributed by atoms with E-state index in [0.29, 0.717) is 31.1 Å². The fourth-order valence-electron chi connectivity index (χ4n) is 2.82. The molecule has 1 atom stereocenters. The second kappa shape index (κ2) is 8.76. The van der Waals surface area contributed by atoms with Gasteiger partial charge in [-0.15, -0.1) is 11.8 Å². The van der Waals surface area contributed by atoms with Crippen molar-refractivity contribution >= 4 is 23.6 Å². The van der Waals surface area contributed by atoms with E-state index in [4.69, 9.17) is 9.84 Å². The van der Waals surface area contributed by atoms with Gasteiger partial charge in [-0.2, -0.15) is 0 Å². The molecule has 1 saturated heterocycles. The number of carbonyl (C=O) groups excluding carboxylic acids is 1.